The first-order valence-electron chi connectivity index (χ1n) is 11.6. The number of H-pyrrole nitrogens is 1. The number of carbonyl (C=O) groups excluding carboxylic acids is 1. The van der Waals surface area contributed by atoms with Gasteiger partial charge in [-0.2, -0.15) is 0 Å². The fraction of sp³-hybridized carbons (Fsp3) is 0.269. The Labute approximate surface area is 221 Å². The number of carboxylic acid groups (broad SMARTS) is 1. The summed E-state index contributed by atoms with van der Waals surface area (Å²) in [7, 11) is 0. The molecule has 36 heavy (non-hydrogen) atoms. The zero-order valence-corrected chi connectivity index (χ0v) is 21.5. The van der Waals surface area contributed by atoms with Crippen LogP contribution >= 0.6 is 34.5 Å². The highest BCUT2D eigenvalue weighted by atomic mass is 35.5. The number of benzene rings is 2. The van der Waals surface area contributed by atoms with E-state index in [1.54, 1.807) is 6.92 Å². The molecule has 6 rings (SSSR count). The molecule has 3 atom stereocenters. The monoisotopic (exact) mass is 540 g/mol. The fourth-order valence-corrected chi connectivity index (χ4v) is 6.51. The molecule has 3 N–H and O–H groups in total. The first-order valence-corrected chi connectivity index (χ1v) is 13.2. The highest BCUT2D eigenvalue weighted by molar-refractivity contribution is 7.17. The van der Waals surface area contributed by atoms with E-state index in [0.29, 0.717) is 34.7 Å². The number of aromatic nitrogens is 2. The Balaban J connectivity index is 1.14. The highest BCUT2D eigenvalue weighted by Gasteiger charge is 2.57. The van der Waals surface area contributed by atoms with E-state index in [4.69, 9.17) is 28.2 Å². The first kappa shape index (κ1) is 23.3. The standard InChI is InChI=1S/C26H22Cl2N4O3S/c1-12-19(27)20(28)22(29-12)24(33)31-21-16-10-32(11-17(16)21)26-30-18(23(36-26)25(34)35)9-13-6-7-14-4-2-3-5-15(14)8-13/h2-8,16-17,21,29H,9-11H2,1H3,(H,31,33)(H,34,35)/t16-,17+,21?. The summed E-state index contributed by atoms with van der Waals surface area (Å²) >= 11 is 13.5. The summed E-state index contributed by atoms with van der Waals surface area (Å²) < 4.78 is 0. The molecule has 1 saturated heterocycles. The van der Waals surface area contributed by atoms with Gasteiger partial charge in [-0.3, -0.25) is 4.79 Å². The average molecular weight is 541 g/mol. The lowest BCUT2D eigenvalue weighted by molar-refractivity contribution is 0.0700. The van der Waals surface area contributed by atoms with Crippen LogP contribution in [-0.4, -0.2) is 46.1 Å². The van der Waals surface area contributed by atoms with Gasteiger partial charge in [0.25, 0.3) is 5.91 Å². The minimum Gasteiger partial charge on any atom is -0.477 e. The van der Waals surface area contributed by atoms with Crippen molar-refractivity contribution in [1.29, 1.82) is 0 Å². The van der Waals surface area contributed by atoms with Crippen molar-refractivity contribution in [3.8, 4) is 0 Å². The summed E-state index contributed by atoms with van der Waals surface area (Å²) in [4.78, 5) is 34.7. The van der Waals surface area contributed by atoms with Gasteiger partial charge < -0.3 is 20.3 Å². The highest BCUT2D eigenvalue weighted by Crippen LogP contribution is 2.48. The molecule has 10 heteroatoms. The largest absolute Gasteiger partial charge is 0.477 e. The van der Waals surface area contributed by atoms with Gasteiger partial charge in [0, 0.05) is 43.1 Å². The second-order valence-corrected chi connectivity index (χ2v) is 11.2. The normalized spacial score (nSPS) is 20.5. The second kappa shape index (κ2) is 8.80. The van der Waals surface area contributed by atoms with Crippen LogP contribution < -0.4 is 10.2 Å². The number of hydrogen-bond acceptors (Lipinski definition) is 5. The van der Waals surface area contributed by atoms with Crippen LogP contribution in [0, 0.1) is 18.8 Å². The van der Waals surface area contributed by atoms with Crippen molar-refractivity contribution in [2.75, 3.05) is 18.0 Å². The molecule has 7 nitrogen and oxygen atoms in total. The third kappa shape index (κ3) is 4.03. The smallest absolute Gasteiger partial charge is 0.347 e. The number of rotatable bonds is 6. The van der Waals surface area contributed by atoms with Gasteiger partial charge in [0.05, 0.1) is 15.7 Å². The minimum absolute atomic E-state index is 0.0585. The van der Waals surface area contributed by atoms with Crippen LogP contribution in [0.3, 0.4) is 0 Å². The quantitative estimate of drug-likeness (QED) is 0.304. The van der Waals surface area contributed by atoms with Crippen LogP contribution in [0.1, 0.15) is 37.1 Å². The van der Waals surface area contributed by atoms with E-state index < -0.39 is 5.97 Å². The minimum atomic E-state index is -0.958. The van der Waals surface area contributed by atoms with Crippen LogP contribution in [0.25, 0.3) is 10.8 Å². The number of carbonyl (C=O) groups is 2. The number of fused-ring (bicyclic) bond motifs is 2. The third-order valence-corrected chi connectivity index (χ3v) is 9.20. The van der Waals surface area contributed by atoms with E-state index in [0.717, 1.165) is 34.6 Å². The molecule has 2 aliphatic rings. The number of anilines is 1. The summed E-state index contributed by atoms with van der Waals surface area (Å²) in [6.07, 6.45) is 0.460. The lowest BCUT2D eigenvalue weighted by atomic mass is 10.0. The van der Waals surface area contributed by atoms with Gasteiger partial charge in [0.2, 0.25) is 0 Å². The topological polar surface area (TPSA) is 98.3 Å². The molecular formula is C26H22Cl2N4O3S. The van der Waals surface area contributed by atoms with E-state index in [1.807, 2.05) is 18.2 Å². The molecule has 2 fully saturated rings. The van der Waals surface area contributed by atoms with Crippen LogP contribution in [0.5, 0.6) is 0 Å². The number of piperidine rings is 1. The van der Waals surface area contributed by atoms with E-state index >= 15 is 0 Å². The third-order valence-electron chi connectivity index (χ3n) is 7.11. The lowest BCUT2D eigenvalue weighted by Crippen LogP contribution is -2.34. The van der Waals surface area contributed by atoms with E-state index in [2.05, 4.69) is 39.5 Å². The van der Waals surface area contributed by atoms with Crippen molar-refractivity contribution in [2.45, 2.75) is 19.4 Å². The Morgan fingerprint density at radius 3 is 2.53 bits per heavy atom. The van der Waals surface area contributed by atoms with E-state index in [1.165, 1.54) is 11.3 Å². The lowest BCUT2D eigenvalue weighted by Gasteiger charge is -2.19. The zero-order chi connectivity index (χ0) is 25.1. The fourth-order valence-electron chi connectivity index (χ4n) is 5.15. The molecule has 1 aliphatic heterocycles. The van der Waals surface area contributed by atoms with E-state index in [-0.39, 0.29) is 27.5 Å². The number of halogens is 2. The van der Waals surface area contributed by atoms with Crippen molar-refractivity contribution < 1.29 is 14.7 Å². The molecule has 0 spiro atoms. The Kier molecular flexibility index (Phi) is 5.70. The summed E-state index contributed by atoms with van der Waals surface area (Å²) in [6, 6.07) is 14.3. The second-order valence-electron chi connectivity index (χ2n) is 9.42. The van der Waals surface area contributed by atoms with Gasteiger partial charge >= 0.3 is 5.97 Å². The molecule has 3 heterocycles. The first-order chi connectivity index (χ1) is 17.3. The number of aromatic carboxylic acids is 1. The van der Waals surface area contributed by atoms with Gasteiger partial charge in [0.15, 0.2) is 5.13 Å². The van der Waals surface area contributed by atoms with Gasteiger partial charge in [0.1, 0.15) is 10.6 Å². The molecule has 1 unspecified atom stereocenters. The maximum absolute atomic E-state index is 12.7. The number of aromatic amines is 1. The van der Waals surface area contributed by atoms with Crippen LogP contribution in [0.4, 0.5) is 5.13 Å². The van der Waals surface area contributed by atoms with Crippen molar-refractivity contribution in [3.63, 3.8) is 0 Å². The molecule has 0 bridgehead atoms. The number of nitrogens with one attached hydrogen (secondary N) is 2. The number of amides is 1. The molecule has 4 aromatic rings. The molecule has 2 aromatic heterocycles. The molecule has 184 valence electrons. The average Bonchev–Trinajstić information content (AvgIpc) is 3.22. The summed E-state index contributed by atoms with van der Waals surface area (Å²) in [5.74, 6) is -0.636. The predicted octanol–water partition coefficient (Wildman–Crippen LogP) is 5.39. The van der Waals surface area contributed by atoms with Crippen molar-refractivity contribution in [2.24, 2.45) is 11.8 Å². The summed E-state index contributed by atoms with van der Waals surface area (Å²) in [5.41, 5.74) is 2.55. The van der Waals surface area contributed by atoms with Gasteiger partial charge in [-0.1, -0.05) is 77.0 Å². The number of thiazole rings is 1. The van der Waals surface area contributed by atoms with Gasteiger partial charge in [-0.15, -0.1) is 0 Å². The number of nitrogens with zero attached hydrogens (tertiary/aromatic N) is 2. The Morgan fingerprint density at radius 1 is 1.14 bits per heavy atom. The predicted molar refractivity (Wildman–Crippen MR) is 142 cm³/mol. The molecule has 2 aromatic carbocycles. The maximum Gasteiger partial charge on any atom is 0.347 e. The maximum atomic E-state index is 12.7. The molecule has 1 saturated carbocycles. The Hall–Kier alpha value is -3.07. The summed E-state index contributed by atoms with van der Waals surface area (Å²) in [5, 5.41) is 16.4. The number of aryl methyl sites for hydroxylation is 1. The molecule has 1 amide bonds. The zero-order valence-electron chi connectivity index (χ0n) is 19.2. The SMILES string of the molecule is Cc1[nH]c(C(=O)NC2[C@H]3CN(c4nc(Cc5ccc6ccccc6c5)c(C(=O)O)s4)C[C@@H]23)c(Cl)c1Cl. The molecular weight excluding hydrogens is 519 g/mol. The Bertz CT molecular complexity index is 1520. The van der Waals surface area contributed by atoms with Gasteiger partial charge in [-0.25, -0.2) is 9.78 Å². The number of carboxylic acids is 1. The molecule has 0 radical (unpaired) electrons. The molecule has 1 aliphatic carbocycles. The van der Waals surface area contributed by atoms with Crippen LogP contribution in [0.2, 0.25) is 10.0 Å². The summed E-state index contributed by atoms with van der Waals surface area (Å²) in [6.45, 7) is 3.20. The van der Waals surface area contributed by atoms with E-state index in [9.17, 15) is 14.7 Å². The van der Waals surface area contributed by atoms with Gasteiger partial charge in [-0.05, 0) is 23.3 Å². The van der Waals surface area contributed by atoms with Crippen LogP contribution in [-0.2, 0) is 6.42 Å². The Morgan fingerprint density at radius 2 is 1.86 bits per heavy atom. The number of hydrogen-bond donors (Lipinski definition) is 3. The van der Waals surface area contributed by atoms with Crippen molar-refractivity contribution in [1.82, 2.24) is 15.3 Å². The van der Waals surface area contributed by atoms with Crippen molar-refractivity contribution >= 4 is 62.3 Å². The van der Waals surface area contributed by atoms with Crippen molar-refractivity contribution in [3.05, 3.63) is 80.0 Å². The van der Waals surface area contributed by atoms with Crippen LogP contribution in [0.15, 0.2) is 42.5 Å².